The summed E-state index contributed by atoms with van der Waals surface area (Å²) in [6.45, 7) is 1.91. The second-order valence-corrected chi connectivity index (χ2v) is 7.42. The third-order valence-corrected chi connectivity index (χ3v) is 5.32. The van der Waals surface area contributed by atoms with Crippen LogP contribution < -0.4 is 4.72 Å². The monoisotopic (exact) mass is 413 g/mol. The van der Waals surface area contributed by atoms with Gasteiger partial charge in [0.15, 0.2) is 0 Å². The molecule has 0 fully saturated rings. The molecule has 0 aliphatic rings. The van der Waals surface area contributed by atoms with Gasteiger partial charge in [-0.05, 0) is 53.8 Å². The lowest BCUT2D eigenvalue weighted by Crippen LogP contribution is -2.13. The topological polar surface area (TPSA) is 74.8 Å². The molecule has 5 nitrogen and oxygen atoms in total. The molecule has 0 aliphatic heterocycles. The first-order valence-electron chi connectivity index (χ1n) is 6.19. The van der Waals surface area contributed by atoms with Crippen molar-refractivity contribution in [1.82, 2.24) is 10.2 Å². The van der Waals surface area contributed by atoms with E-state index in [4.69, 9.17) is 0 Å². The van der Waals surface area contributed by atoms with Gasteiger partial charge in [-0.3, -0.25) is 9.82 Å². The summed E-state index contributed by atoms with van der Waals surface area (Å²) in [4.78, 5) is 0.232. The van der Waals surface area contributed by atoms with E-state index in [-0.39, 0.29) is 4.90 Å². The van der Waals surface area contributed by atoms with Crippen molar-refractivity contribution < 1.29 is 8.42 Å². The molecule has 3 rings (SSSR count). The van der Waals surface area contributed by atoms with Crippen LogP contribution in [-0.2, 0) is 10.0 Å². The SMILES string of the molecule is Cc1ccc(S(=O)(=O)Nc2cccc3c(I)[nH]nc23)cc1. The summed E-state index contributed by atoms with van der Waals surface area (Å²) < 4.78 is 28.3. The van der Waals surface area contributed by atoms with Crippen molar-refractivity contribution in [2.24, 2.45) is 0 Å². The number of halogens is 1. The van der Waals surface area contributed by atoms with Crippen LogP contribution in [0.3, 0.4) is 0 Å². The van der Waals surface area contributed by atoms with Crippen LogP contribution in [0.15, 0.2) is 47.4 Å². The van der Waals surface area contributed by atoms with Crippen molar-refractivity contribution in [2.45, 2.75) is 11.8 Å². The molecule has 7 heteroatoms. The first-order valence-corrected chi connectivity index (χ1v) is 8.76. The third-order valence-electron chi connectivity index (χ3n) is 3.11. The highest BCUT2D eigenvalue weighted by atomic mass is 127. The summed E-state index contributed by atoms with van der Waals surface area (Å²) in [6, 6.07) is 12.1. The Morgan fingerprint density at radius 3 is 2.57 bits per heavy atom. The average molecular weight is 413 g/mol. The van der Waals surface area contributed by atoms with Crippen LogP contribution in [0.1, 0.15) is 5.56 Å². The molecular weight excluding hydrogens is 401 g/mol. The maximum Gasteiger partial charge on any atom is 0.261 e. The molecule has 0 unspecified atom stereocenters. The zero-order chi connectivity index (χ0) is 15.0. The molecule has 0 radical (unpaired) electrons. The molecule has 2 N–H and O–H groups in total. The highest BCUT2D eigenvalue weighted by Gasteiger charge is 2.16. The summed E-state index contributed by atoms with van der Waals surface area (Å²) in [5, 5.41) is 7.89. The Morgan fingerprint density at radius 1 is 1.14 bits per heavy atom. The van der Waals surface area contributed by atoms with E-state index in [9.17, 15) is 8.42 Å². The molecule has 0 spiro atoms. The van der Waals surface area contributed by atoms with Gasteiger partial charge in [0, 0.05) is 5.39 Å². The molecule has 1 aromatic heterocycles. The van der Waals surface area contributed by atoms with E-state index in [1.54, 1.807) is 36.4 Å². The molecule has 1 heterocycles. The number of aromatic nitrogens is 2. The third kappa shape index (κ3) is 2.75. The number of aryl methyl sites for hydroxylation is 1. The lowest BCUT2D eigenvalue weighted by molar-refractivity contribution is 0.601. The molecule has 21 heavy (non-hydrogen) atoms. The molecule has 2 aromatic carbocycles. The Labute approximate surface area is 136 Å². The van der Waals surface area contributed by atoms with Gasteiger partial charge in [-0.2, -0.15) is 5.10 Å². The van der Waals surface area contributed by atoms with Crippen LogP contribution >= 0.6 is 22.6 Å². The normalized spacial score (nSPS) is 11.7. The Morgan fingerprint density at radius 2 is 1.86 bits per heavy atom. The summed E-state index contributed by atoms with van der Waals surface area (Å²) in [5.74, 6) is 0. The van der Waals surface area contributed by atoms with E-state index in [0.29, 0.717) is 11.2 Å². The Bertz CT molecular complexity index is 902. The van der Waals surface area contributed by atoms with E-state index in [1.165, 1.54) is 0 Å². The van der Waals surface area contributed by atoms with Crippen molar-refractivity contribution in [2.75, 3.05) is 4.72 Å². The van der Waals surface area contributed by atoms with Gasteiger partial charge in [-0.1, -0.05) is 23.8 Å². The van der Waals surface area contributed by atoms with E-state index in [2.05, 4.69) is 37.5 Å². The highest BCUT2D eigenvalue weighted by Crippen LogP contribution is 2.26. The fraction of sp³-hybridized carbons (Fsp3) is 0.0714. The number of aromatic amines is 1. The standard InChI is InChI=1S/C14H12IN3O2S/c1-9-5-7-10(8-6-9)21(19,20)18-12-4-2-3-11-13(12)16-17-14(11)15/h2-8,18H,1H3,(H,16,17). The molecule has 0 saturated heterocycles. The summed E-state index contributed by atoms with van der Waals surface area (Å²) in [5.41, 5.74) is 2.09. The second-order valence-electron chi connectivity index (χ2n) is 4.66. The van der Waals surface area contributed by atoms with E-state index in [1.807, 2.05) is 13.0 Å². The first-order chi connectivity index (χ1) is 9.97. The number of anilines is 1. The van der Waals surface area contributed by atoms with Gasteiger partial charge in [0.1, 0.15) is 9.22 Å². The van der Waals surface area contributed by atoms with Gasteiger partial charge in [0.2, 0.25) is 0 Å². The van der Waals surface area contributed by atoms with Gasteiger partial charge in [0.25, 0.3) is 10.0 Å². The van der Waals surface area contributed by atoms with Gasteiger partial charge >= 0.3 is 0 Å². The minimum atomic E-state index is -3.62. The predicted octanol–water partition coefficient (Wildman–Crippen LogP) is 3.28. The Balaban J connectivity index is 2.03. The summed E-state index contributed by atoms with van der Waals surface area (Å²) >= 11 is 2.13. The van der Waals surface area contributed by atoms with Crippen LogP contribution in [0, 0.1) is 10.6 Å². The molecule has 0 atom stereocenters. The van der Waals surface area contributed by atoms with Crippen LogP contribution in [-0.4, -0.2) is 18.6 Å². The number of hydrogen-bond donors (Lipinski definition) is 2. The smallest absolute Gasteiger partial charge is 0.261 e. The van der Waals surface area contributed by atoms with Crippen molar-refractivity contribution in [3.63, 3.8) is 0 Å². The highest BCUT2D eigenvalue weighted by molar-refractivity contribution is 14.1. The Kier molecular flexibility index (Phi) is 3.62. The Hall–Kier alpha value is -1.61. The second kappa shape index (κ2) is 5.30. The number of fused-ring (bicyclic) bond motifs is 1. The molecule has 0 saturated carbocycles. The number of nitrogens with zero attached hydrogens (tertiary/aromatic N) is 1. The number of para-hydroxylation sites is 1. The number of benzene rings is 2. The van der Waals surface area contributed by atoms with Crippen LogP contribution in [0.2, 0.25) is 0 Å². The number of nitrogens with one attached hydrogen (secondary N) is 2. The van der Waals surface area contributed by atoms with Gasteiger partial charge in [-0.15, -0.1) is 0 Å². The van der Waals surface area contributed by atoms with Gasteiger partial charge in [-0.25, -0.2) is 8.42 Å². The molecule has 0 bridgehead atoms. The number of rotatable bonds is 3. The summed E-state index contributed by atoms with van der Waals surface area (Å²) in [6.07, 6.45) is 0. The van der Waals surface area contributed by atoms with Crippen LogP contribution in [0.5, 0.6) is 0 Å². The minimum Gasteiger partial charge on any atom is -0.277 e. The molecule has 0 amide bonds. The predicted molar refractivity (Wildman–Crippen MR) is 90.8 cm³/mol. The molecule has 0 aliphatic carbocycles. The van der Waals surface area contributed by atoms with Crippen LogP contribution in [0.25, 0.3) is 10.9 Å². The molecule has 3 aromatic rings. The summed E-state index contributed by atoms with van der Waals surface area (Å²) in [7, 11) is -3.62. The number of H-pyrrole nitrogens is 1. The van der Waals surface area contributed by atoms with Crippen LogP contribution in [0.4, 0.5) is 5.69 Å². The minimum absolute atomic E-state index is 0.232. The van der Waals surface area contributed by atoms with Gasteiger partial charge in [0.05, 0.1) is 10.6 Å². The lowest BCUT2D eigenvalue weighted by atomic mass is 10.2. The molecule has 108 valence electrons. The average Bonchev–Trinajstić information content (AvgIpc) is 2.82. The number of sulfonamides is 1. The first kappa shape index (κ1) is 14.3. The molecular formula is C14H12IN3O2S. The zero-order valence-corrected chi connectivity index (χ0v) is 14.1. The number of hydrogen-bond acceptors (Lipinski definition) is 3. The van der Waals surface area contributed by atoms with Crippen molar-refractivity contribution in [3.8, 4) is 0 Å². The van der Waals surface area contributed by atoms with E-state index in [0.717, 1.165) is 14.7 Å². The lowest BCUT2D eigenvalue weighted by Gasteiger charge is -2.08. The van der Waals surface area contributed by atoms with Gasteiger partial charge < -0.3 is 0 Å². The zero-order valence-electron chi connectivity index (χ0n) is 11.1. The largest absolute Gasteiger partial charge is 0.277 e. The van der Waals surface area contributed by atoms with E-state index >= 15 is 0 Å². The maximum atomic E-state index is 12.4. The van der Waals surface area contributed by atoms with Crippen molar-refractivity contribution >= 4 is 49.2 Å². The maximum absolute atomic E-state index is 12.4. The fourth-order valence-electron chi connectivity index (χ4n) is 2.01. The quantitative estimate of drug-likeness (QED) is 0.648. The fourth-order valence-corrected chi connectivity index (χ4v) is 3.63. The van der Waals surface area contributed by atoms with Crippen molar-refractivity contribution in [1.29, 1.82) is 0 Å². The van der Waals surface area contributed by atoms with Crippen molar-refractivity contribution in [3.05, 3.63) is 51.7 Å². The van der Waals surface area contributed by atoms with E-state index < -0.39 is 10.0 Å².